The molecular weight excluding hydrogens is 176 g/mol. The van der Waals surface area contributed by atoms with Gasteiger partial charge in [0.25, 0.3) is 0 Å². The zero-order valence-electron chi connectivity index (χ0n) is 7.28. The molecule has 2 atom stereocenters. The summed E-state index contributed by atoms with van der Waals surface area (Å²) in [6.45, 7) is 1.88. The average Bonchev–Trinajstić information content (AvgIpc) is 1.98. The van der Waals surface area contributed by atoms with E-state index < -0.39 is 17.9 Å². The number of hydrogen-bond donors (Lipinski definition) is 2. The molecule has 0 heterocycles. The third kappa shape index (κ3) is 3.52. The summed E-state index contributed by atoms with van der Waals surface area (Å²) in [4.78, 5) is 20.9. The predicted molar refractivity (Wildman–Crippen MR) is 47.4 cm³/mol. The molecule has 0 fully saturated rings. The monoisotopic (exact) mass is 190 g/mol. The van der Waals surface area contributed by atoms with E-state index in [1.165, 1.54) is 0 Å². The van der Waals surface area contributed by atoms with E-state index in [9.17, 15) is 9.59 Å². The van der Waals surface area contributed by atoms with Crippen molar-refractivity contribution in [2.75, 3.05) is 0 Å². The quantitative estimate of drug-likeness (QED) is 0.585. The van der Waals surface area contributed by atoms with Crippen LogP contribution >= 0.6 is 0 Å². The van der Waals surface area contributed by atoms with Crippen molar-refractivity contribution in [3.05, 3.63) is 0 Å². The van der Waals surface area contributed by atoms with Gasteiger partial charge in [-0.05, 0) is 5.54 Å². The van der Waals surface area contributed by atoms with Crippen LogP contribution in [0.4, 0.5) is 0 Å². The van der Waals surface area contributed by atoms with E-state index in [1.54, 1.807) is 0 Å². The van der Waals surface area contributed by atoms with Crippen molar-refractivity contribution in [2.45, 2.75) is 25.3 Å². The van der Waals surface area contributed by atoms with E-state index in [0.717, 1.165) is 16.7 Å². The number of carboxylic acids is 2. The Balaban J connectivity index is 4.22. The van der Waals surface area contributed by atoms with Gasteiger partial charge >= 0.3 is 11.9 Å². The Morgan fingerprint density at radius 3 is 2.17 bits per heavy atom. The van der Waals surface area contributed by atoms with Crippen molar-refractivity contribution in [3.8, 4) is 0 Å². The Kier molecular flexibility index (Phi) is 4.57. The van der Waals surface area contributed by atoms with Crippen LogP contribution in [0.5, 0.6) is 0 Å². The third-order valence-corrected chi connectivity index (χ3v) is 3.66. The van der Waals surface area contributed by atoms with Gasteiger partial charge in [0.15, 0.2) is 0 Å². The molecule has 70 valence electrons. The summed E-state index contributed by atoms with van der Waals surface area (Å²) in [7, 11) is 0.732. The highest BCUT2D eigenvalue weighted by atomic mass is 28.1. The molecule has 12 heavy (non-hydrogen) atoms. The Morgan fingerprint density at radius 2 is 1.92 bits per heavy atom. The highest BCUT2D eigenvalue weighted by Crippen LogP contribution is 2.21. The Bertz CT molecular complexity index is 180. The van der Waals surface area contributed by atoms with E-state index in [1.807, 2.05) is 6.92 Å². The topological polar surface area (TPSA) is 74.6 Å². The molecule has 5 heteroatoms. The van der Waals surface area contributed by atoms with Gasteiger partial charge in [-0.25, -0.2) is 0 Å². The minimum Gasteiger partial charge on any atom is -0.481 e. The van der Waals surface area contributed by atoms with E-state index >= 15 is 0 Å². The van der Waals surface area contributed by atoms with Gasteiger partial charge in [-0.15, -0.1) is 0 Å². The van der Waals surface area contributed by atoms with Gasteiger partial charge in [-0.2, -0.15) is 0 Å². The zero-order chi connectivity index (χ0) is 9.72. The first kappa shape index (κ1) is 11.2. The molecule has 4 nitrogen and oxygen atoms in total. The maximum Gasteiger partial charge on any atom is 0.307 e. The van der Waals surface area contributed by atoms with Crippen LogP contribution in [-0.2, 0) is 9.59 Å². The smallest absolute Gasteiger partial charge is 0.307 e. The zero-order valence-corrected chi connectivity index (χ0v) is 9.28. The lowest BCUT2D eigenvalue weighted by Crippen LogP contribution is -2.22. The second-order valence-corrected chi connectivity index (χ2v) is 4.41. The summed E-state index contributed by atoms with van der Waals surface area (Å²) < 4.78 is 0. The average molecular weight is 190 g/mol. The number of carboxylic acid groups (broad SMARTS) is 2. The first-order valence-electron chi connectivity index (χ1n) is 3.93. The molecule has 0 saturated carbocycles. The molecule has 0 saturated heterocycles. The normalized spacial score (nSPS) is 15.4. The highest BCUT2D eigenvalue weighted by Gasteiger charge is 2.25. The summed E-state index contributed by atoms with van der Waals surface area (Å²) in [6, 6.07) is 0. The molecule has 0 rings (SSSR count). The van der Waals surface area contributed by atoms with Crippen LogP contribution < -0.4 is 0 Å². The van der Waals surface area contributed by atoms with Gasteiger partial charge in [0, 0.05) is 10.2 Å². The van der Waals surface area contributed by atoms with Crippen LogP contribution in [0.15, 0.2) is 0 Å². The fourth-order valence-electron chi connectivity index (χ4n) is 1.00. The Hall–Kier alpha value is -0.843. The summed E-state index contributed by atoms with van der Waals surface area (Å²) in [6.07, 6.45) is 0.494. The van der Waals surface area contributed by atoms with Crippen molar-refractivity contribution < 1.29 is 19.8 Å². The summed E-state index contributed by atoms with van der Waals surface area (Å²) in [5, 5.41) is 17.1. The minimum absolute atomic E-state index is 0.0543. The lowest BCUT2D eigenvalue weighted by atomic mass is 9.99. The van der Waals surface area contributed by atoms with E-state index in [0.29, 0.717) is 0 Å². The molecule has 0 aromatic rings. The largest absolute Gasteiger partial charge is 0.481 e. The number of carbonyl (C=O) groups is 2. The molecule has 0 aliphatic carbocycles. The van der Waals surface area contributed by atoms with Crippen molar-refractivity contribution in [2.24, 2.45) is 5.92 Å². The molecular formula is C7H14O4Si. The van der Waals surface area contributed by atoms with Crippen LogP contribution in [0.3, 0.4) is 0 Å². The Labute approximate surface area is 74.0 Å². The van der Waals surface area contributed by atoms with Crippen LogP contribution in [0.25, 0.3) is 0 Å². The molecule has 0 bridgehead atoms. The van der Waals surface area contributed by atoms with E-state index in [-0.39, 0.29) is 12.0 Å². The molecule has 0 aromatic heterocycles. The molecule has 0 aliphatic rings. The standard InChI is InChI=1S/C7H14O4Si/c1-2-5(12)4(7(10)11)3-6(8)9/h4-5H,2-3H2,1,12H3,(H,8,9)(H,10,11). The van der Waals surface area contributed by atoms with Crippen molar-refractivity contribution >= 4 is 22.2 Å². The first-order valence-corrected chi connectivity index (χ1v) is 5.09. The van der Waals surface area contributed by atoms with Crippen LogP contribution in [0.1, 0.15) is 19.8 Å². The van der Waals surface area contributed by atoms with Crippen LogP contribution in [0, 0.1) is 5.92 Å². The number of hydrogen-bond acceptors (Lipinski definition) is 2. The van der Waals surface area contributed by atoms with Gasteiger partial charge in [0.1, 0.15) is 0 Å². The maximum absolute atomic E-state index is 10.6. The van der Waals surface area contributed by atoms with Gasteiger partial charge < -0.3 is 10.2 Å². The highest BCUT2D eigenvalue weighted by molar-refractivity contribution is 6.13. The summed E-state index contributed by atoms with van der Waals surface area (Å²) in [5.41, 5.74) is 0.0543. The van der Waals surface area contributed by atoms with Crippen molar-refractivity contribution in [1.29, 1.82) is 0 Å². The van der Waals surface area contributed by atoms with Crippen LogP contribution in [0.2, 0.25) is 5.54 Å². The number of aliphatic carboxylic acids is 2. The third-order valence-electron chi connectivity index (χ3n) is 2.04. The van der Waals surface area contributed by atoms with E-state index in [2.05, 4.69) is 0 Å². The summed E-state index contributed by atoms with van der Waals surface area (Å²) >= 11 is 0. The maximum atomic E-state index is 10.6. The number of rotatable bonds is 5. The molecule has 2 N–H and O–H groups in total. The molecule has 2 unspecified atom stereocenters. The van der Waals surface area contributed by atoms with Gasteiger partial charge in [0.05, 0.1) is 12.3 Å². The molecule has 0 radical (unpaired) electrons. The summed E-state index contributed by atoms with van der Waals surface area (Å²) in [5.74, 6) is -2.71. The van der Waals surface area contributed by atoms with Gasteiger partial charge in [-0.3, -0.25) is 9.59 Å². The molecule has 0 aromatic carbocycles. The molecule has 0 amide bonds. The molecule has 0 spiro atoms. The fourth-order valence-corrected chi connectivity index (χ4v) is 1.53. The minimum atomic E-state index is -1.03. The SMILES string of the molecule is CCC([SiH3])C(CC(=O)O)C(=O)O. The second-order valence-electron chi connectivity index (χ2n) is 2.93. The van der Waals surface area contributed by atoms with E-state index in [4.69, 9.17) is 10.2 Å². The van der Waals surface area contributed by atoms with Gasteiger partial charge in [-0.1, -0.05) is 13.3 Å². The second kappa shape index (κ2) is 4.92. The molecule has 0 aliphatic heterocycles. The van der Waals surface area contributed by atoms with Crippen molar-refractivity contribution in [1.82, 2.24) is 0 Å². The lowest BCUT2D eigenvalue weighted by molar-refractivity contribution is -0.148. The van der Waals surface area contributed by atoms with Crippen LogP contribution in [-0.4, -0.2) is 32.4 Å². The fraction of sp³-hybridized carbons (Fsp3) is 0.714. The van der Waals surface area contributed by atoms with Gasteiger partial charge in [0.2, 0.25) is 0 Å². The lowest BCUT2D eigenvalue weighted by Gasteiger charge is -2.15. The Morgan fingerprint density at radius 1 is 1.42 bits per heavy atom. The first-order chi connectivity index (χ1) is 5.49. The predicted octanol–water partition coefficient (Wildman–Crippen LogP) is -0.274. The van der Waals surface area contributed by atoms with Crippen molar-refractivity contribution in [3.63, 3.8) is 0 Å².